The summed E-state index contributed by atoms with van der Waals surface area (Å²) >= 11 is 0. The van der Waals surface area contributed by atoms with Crippen LogP contribution in [0.1, 0.15) is 50.8 Å². The van der Waals surface area contributed by atoms with Crippen LogP contribution in [-0.4, -0.2) is 36.5 Å². The van der Waals surface area contributed by atoms with Crippen LogP contribution in [0.2, 0.25) is 0 Å². The molecule has 0 radical (unpaired) electrons. The Morgan fingerprint density at radius 2 is 1.55 bits per heavy atom. The second-order valence-corrected chi connectivity index (χ2v) is 6.63. The van der Waals surface area contributed by atoms with E-state index >= 15 is 0 Å². The van der Waals surface area contributed by atoms with Crippen molar-refractivity contribution in [1.82, 2.24) is 30.0 Å². The van der Waals surface area contributed by atoms with Gasteiger partial charge in [0.2, 0.25) is 5.82 Å². The maximum absolute atomic E-state index is 13.1. The third kappa shape index (κ3) is 5.24. The van der Waals surface area contributed by atoms with Crippen LogP contribution in [0, 0.1) is 0 Å². The number of nitrogens with two attached hydrogens (primary N) is 1. The Bertz CT molecular complexity index is 1170. The van der Waals surface area contributed by atoms with Gasteiger partial charge in [-0.05, 0) is 25.1 Å². The van der Waals surface area contributed by atoms with Gasteiger partial charge in [0.15, 0.2) is 5.82 Å². The summed E-state index contributed by atoms with van der Waals surface area (Å²) in [5, 5.41) is 6.08. The van der Waals surface area contributed by atoms with Crippen LogP contribution in [0.4, 0.5) is 26.3 Å². The molecule has 0 fully saturated rings. The van der Waals surface area contributed by atoms with E-state index < -0.39 is 46.9 Å². The van der Waals surface area contributed by atoms with Crippen molar-refractivity contribution in [2.75, 3.05) is 0 Å². The molecular formula is C18H13F6N7O2. The third-order valence-corrected chi connectivity index (χ3v) is 4.24. The van der Waals surface area contributed by atoms with Gasteiger partial charge in [0.05, 0.1) is 17.2 Å². The quantitative estimate of drug-likeness (QED) is 0.549. The van der Waals surface area contributed by atoms with Gasteiger partial charge >= 0.3 is 12.4 Å². The van der Waals surface area contributed by atoms with Crippen LogP contribution in [0.15, 0.2) is 36.9 Å². The number of halogens is 6. The summed E-state index contributed by atoms with van der Waals surface area (Å²) in [5.41, 5.74) is 1.01. The Labute approximate surface area is 180 Å². The van der Waals surface area contributed by atoms with Gasteiger partial charge in [-0.2, -0.15) is 31.0 Å². The molecule has 33 heavy (non-hydrogen) atoms. The number of benzene rings is 1. The van der Waals surface area contributed by atoms with Gasteiger partial charge in [-0.1, -0.05) is 0 Å². The van der Waals surface area contributed by atoms with E-state index in [4.69, 9.17) is 5.73 Å². The molecule has 2 aromatic heterocycles. The fraction of sp³-hybridized carbons (Fsp3) is 0.222. The summed E-state index contributed by atoms with van der Waals surface area (Å²) in [5.74, 6) is -2.49. The Kier molecular flexibility index (Phi) is 6.07. The molecule has 3 aromatic rings. The molecule has 3 N–H and O–H groups in total. The highest BCUT2D eigenvalue weighted by Crippen LogP contribution is 2.36. The van der Waals surface area contributed by atoms with Crippen LogP contribution in [-0.2, 0) is 12.4 Å². The van der Waals surface area contributed by atoms with E-state index in [1.54, 1.807) is 0 Å². The van der Waals surface area contributed by atoms with Gasteiger partial charge in [0, 0.05) is 18.0 Å². The fourth-order valence-electron chi connectivity index (χ4n) is 2.74. The van der Waals surface area contributed by atoms with Crippen LogP contribution in [0.5, 0.6) is 0 Å². The lowest BCUT2D eigenvalue weighted by Crippen LogP contribution is -2.29. The summed E-state index contributed by atoms with van der Waals surface area (Å²) in [7, 11) is 0. The van der Waals surface area contributed by atoms with Gasteiger partial charge in [-0.25, -0.2) is 9.97 Å². The normalized spacial score (nSPS) is 12.9. The summed E-state index contributed by atoms with van der Waals surface area (Å²) in [6, 6.07) is -0.509. The molecular weight excluding hydrogens is 460 g/mol. The molecule has 2 heterocycles. The third-order valence-electron chi connectivity index (χ3n) is 4.24. The van der Waals surface area contributed by atoms with Gasteiger partial charge in [0.25, 0.3) is 11.8 Å². The standard InChI is InChI=1S/C18H13F6N7O2/c1-8(12-15(27-3-2-26-12)31-7-28-14(30-31)13(25)32)29-16(33)9-4-10(17(19,20)21)6-11(5-9)18(22,23)24/h2-8H,1H3,(H2,25,32)(H,29,33). The molecule has 0 aliphatic carbocycles. The second kappa shape index (κ2) is 8.48. The van der Waals surface area contributed by atoms with E-state index in [2.05, 4.69) is 25.4 Å². The Morgan fingerprint density at radius 1 is 0.970 bits per heavy atom. The van der Waals surface area contributed by atoms with Crippen molar-refractivity contribution >= 4 is 11.8 Å². The van der Waals surface area contributed by atoms with Crippen molar-refractivity contribution in [1.29, 1.82) is 0 Å². The van der Waals surface area contributed by atoms with E-state index in [1.807, 2.05) is 0 Å². The second-order valence-electron chi connectivity index (χ2n) is 6.63. The number of nitrogens with one attached hydrogen (secondary N) is 1. The first-order valence-electron chi connectivity index (χ1n) is 8.90. The molecule has 1 unspecified atom stereocenters. The van der Waals surface area contributed by atoms with E-state index in [1.165, 1.54) is 19.3 Å². The van der Waals surface area contributed by atoms with E-state index in [-0.39, 0.29) is 23.4 Å². The number of rotatable bonds is 5. The van der Waals surface area contributed by atoms with Gasteiger partial charge in [-0.3, -0.25) is 14.6 Å². The zero-order chi connectivity index (χ0) is 24.6. The average Bonchev–Trinajstić information content (AvgIpc) is 3.22. The molecule has 0 saturated carbocycles. The number of alkyl halides is 6. The first-order valence-corrected chi connectivity index (χ1v) is 8.90. The summed E-state index contributed by atoms with van der Waals surface area (Å²) in [6.45, 7) is 1.37. The molecule has 9 nitrogen and oxygen atoms in total. The minimum absolute atomic E-state index is 0.00896. The van der Waals surface area contributed by atoms with Crippen molar-refractivity contribution in [3.8, 4) is 5.82 Å². The van der Waals surface area contributed by atoms with Crippen molar-refractivity contribution in [2.24, 2.45) is 5.73 Å². The highest BCUT2D eigenvalue weighted by molar-refractivity contribution is 5.95. The number of amides is 2. The van der Waals surface area contributed by atoms with Crippen molar-refractivity contribution < 1.29 is 35.9 Å². The topological polar surface area (TPSA) is 129 Å². The van der Waals surface area contributed by atoms with Crippen molar-refractivity contribution in [2.45, 2.75) is 25.3 Å². The predicted octanol–water partition coefficient (Wildman–Crippen LogP) is 2.68. The molecule has 15 heteroatoms. The summed E-state index contributed by atoms with van der Waals surface area (Å²) < 4.78 is 79.4. The number of hydrogen-bond acceptors (Lipinski definition) is 6. The first-order chi connectivity index (χ1) is 15.3. The van der Waals surface area contributed by atoms with E-state index in [9.17, 15) is 35.9 Å². The Hall–Kier alpha value is -4.04. The molecule has 0 aliphatic heterocycles. The lowest BCUT2D eigenvalue weighted by atomic mass is 10.0. The summed E-state index contributed by atoms with van der Waals surface area (Å²) in [6.07, 6.45) is -6.64. The lowest BCUT2D eigenvalue weighted by molar-refractivity contribution is -0.143. The van der Waals surface area contributed by atoms with Crippen LogP contribution in [0.25, 0.3) is 5.82 Å². The fourth-order valence-corrected chi connectivity index (χ4v) is 2.74. The number of nitrogens with zero attached hydrogens (tertiary/aromatic N) is 5. The zero-order valence-corrected chi connectivity index (χ0v) is 16.4. The highest BCUT2D eigenvalue weighted by Gasteiger charge is 2.37. The molecule has 3 rings (SSSR count). The lowest BCUT2D eigenvalue weighted by Gasteiger charge is -2.17. The Balaban J connectivity index is 1.94. The van der Waals surface area contributed by atoms with Gasteiger partial charge in [-0.15, -0.1) is 5.10 Å². The highest BCUT2D eigenvalue weighted by atomic mass is 19.4. The van der Waals surface area contributed by atoms with Crippen LogP contribution in [0.3, 0.4) is 0 Å². The number of carbonyl (C=O) groups is 2. The number of hydrogen-bond donors (Lipinski definition) is 2. The summed E-state index contributed by atoms with van der Waals surface area (Å²) in [4.78, 5) is 35.4. The minimum atomic E-state index is -5.11. The van der Waals surface area contributed by atoms with E-state index in [0.717, 1.165) is 11.0 Å². The Morgan fingerprint density at radius 3 is 2.06 bits per heavy atom. The van der Waals surface area contributed by atoms with Crippen LogP contribution < -0.4 is 11.1 Å². The molecule has 0 spiro atoms. The van der Waals surface area contributed by atoms with Gasteiger partial charge in [0.1, 0.15) is 12.0 Å². The predicted molar refractivity (Wildman–Crippen MR) is 97.8 cm³/mol. The molecule has 0 aliphatic rings. The number of aromatic nitrogens is 5. The maximum atomic E-state index is 13.1. The monoisotopic (exact) mass is 473 g/mol. The zero-order valence-electron chi connectivity index (χ0n) is 16.4. The van der Waals surface area contributed by atoms with Gasteiger partial charge < -0.3 is 11.1 Å². The molecule has 2 amide bonds. The van der Waals surface area contributed by atoms with Crippen LogP contribution >= 0.6 is 0 Å². The first kappa shape index (κ1) is 23.6. The van der Waals surface area contributed by atoms with Crippen molar-refractivity contribution in [3.63, 3.8) is 0 Å². The molecule has 0 saturated heterocycles. The number of carbonyl (C=O) groups excluding carboxylic acids is 2. The molecule has 1 aromatic carbocycles. The largest absolute Gasteiger partial charge is 0.416 e. The molecule has 0 bridgehead atoms. The SMILES string of the molecule is CC(NC(=O)c1cc(C(F)(F)F)cc(C(F)(F)F)c1)c1nccnc1-n1cnc(C(N)=O)n1. The molecule has 1 atom stereocenters. The average molecular weight is 473 g/mol. The maximum Gasteiger partial charge on any atom is 0.416 e. The minimum Gasteiger partial charge on any atom is -0.363 e. The smallest absolute Gasteiger partial charge is 0.363 e. The van der Waals surface area contributed by atoms with Crippen molar-refractivity contribution in [3.05, 3.63) is 65.1 Å². The molecule has 174 valence electrons. The number of primary amides is 1. The van der Waals surface area contributed by atoms with E-state index in [0.29, 0.717) is 12.1 Å².